The van der Waals surface area contributed by atoms with Crippen molar-refractivity contribution in [2.24, 2.45) is 7.05 Å². The molecule has 102 valence electrons. The normalized spacial score (nSPS) is 10.3. The Hall–Kier alpha value is -3.13. The van der Waals surface area contributed by atoms with Crippen molar-refractivity contribution in [1.82, 2.24) is 14.5 Å². The minimum atomic E-state index is 0.219. The average Bonchev–Trinajstić information content (AvgIpc) is 2.93. The zero-order valence-electron chi connectivity index (χ0n) is 11.5. The number of aryl methyl sites for hydroxylation is 1. The number of hydrogen-bond acceptors (Lipinski definition) is 4. The minimum Gasteiger partial charge on any atom is -0.383 e. The summed E-state index contributed by atoms with van der Waals surface area (Å²) < 4.78 is 1.94. The molecule has 0 fully saturated rings. The molecule has 0 aliphatic carbocycles. The van der Waals surface area contributed by atoms with Crippen LogP contribution in [0.2, 0.25) is 0 Å². The van der Waals surface area contributed by atoms with Crippen LogP contribution < -0.4 is 5.73 Å². The van der Waals surface area contributed by atoms with E-state index in [-0.39, 0.29) is 5.82 Å². The van der Waals surface area contributed by atoms with Crippen LogP contribution in [0, 0.1) is 11.3 Å². The van der Waals surface area contributed by atoms with Crippen LogP contribution in [0.25, 0.3) is 22.6 Å². The summed E-state index contributed by atoms with van der Waals surface area (Å²) in [6.07, 6.45) is 3.63. The molecule has 3 aromatic rings. The molecule has 0 radical (unpaired) electrons. The molecule has 0 amide bonds. The molecule has 0 spiro atoms. The van der Waals surface area contributed by atoms with E-state index < -0.39 is 0 Å². The molecule has 0 unspecified atom stereocenters. The van der Waals surface area contributed by atoms with Crippen LogP contribution in [0.3, 0.4) is 0 Å². The first-order chi connectivity index (χ1) is 10.2. The van der Waals surface area contributed by atoms with Gasteiger partial charge in [0.1, 0.15) is 17.5 Å². The minimum absolute atomic E-state index is 0.219. The van der Waals surface area contributed by atoms with Gasteiger partial charge in [0.25, 0.3) is 0 Å². The van der Waals surface area contributed by atoms with Gasteiger partial charge in [-0.05, 0) is 30.3 Å². The van der Waals surface area contributed by atoms with Crippen LogP contribution in [0.15, 0.2) is 48.8 Å². The number of anilines is 1. The van der Waals surface area contributed by atoms with Crippen LogP contribution in [-0.2, 0) is 7.05 Å². The summed E-state index contributed by atoms with van der Waals surface area (Å²) in [6, 6.07) is 13.5. The summed E-state index contributed by atoms with van der Waals surface area (Å²) in [7, 11) is 1.92. The van der Waals surface area contributed by atoms with Gasteiger partial charge in [0.2, 0.25) is 0 Å². The molecular formula is C16H13N5. The van der Waals surface area contributed by atoms with Crippen LogP contribution >= 0.6 is 0 Å². The smallest absolute Gasteiger partial charge is 0.142 e. The monoisotopic (exact) mass is 275 g/mol. The average molecular weight is 275 g/mol. The van der Waals surface area contributed by atoms with Gasteiger partial charge in [-0.2, -0.15) is 5.26 Å². The van der Waals surface area contributed by atoms with Gasteiger partial charge in [-0.1, -0.05) is 6.07 Å². The van der Waals surface area contributed by atoms with Gasteiger partial charge in [0.05, 0.1) is 11.4 Å². The fraction of sp³-hybridized carbons (Fsp3) is 0.0625. The molecule has 0 saturated heterocycles. The molecule has 0 aliphatic rings. The lowest BCUT2D eigenvalue weighted by Crippen LogP contribution is -2.02. The van der Waals surface area contributed by atoms with E-state index in [1.54, 1.807) is 6.20 Å². The molecule has 0 aliphatic heterocycles. The Bertz CT molecular complexity index is 828. The highest BCUT2D eigenvalue weighted by atomic mass is 14.9. The fourth-order valence-electron chi connectivity index (χ4n) is 2.27. The summed E-state index contributed by atoms with van der Waals surface area (Å²) >= 11 is 0. The Kier molecular flexibility index (Phi) is 3.13. The van der Waals surface area contributed by atoms with Crippen molar-refractivity contribution in [1.29, 1.82) is 5.26 Å². The Morgan fingerprint density at radius 1 is 1.19 bits per heavy atom. The summed E-state index contributed by atoms with van der Waals surface area (Å²) in [4.78, 5) is 8.58. The quantitative estimate of drug-likeness (QED) is 0.779. The molecular weight excluding hydrogens is 262 g/mol. The van der Waals surface area contributed by atoms with E-state index in [1.165, 1.54) is 0 Å². The summed E-state index contributed by atoms with van der Waals surface area (Å²) in [6.45, 7) is 0. The predicted octanol–water partition coefficient (Wildman–Crippen LogP) is 2.60. The van der Waals surface area contributed by atoms with Gasteiger partial charge in [0, 0.05) is 30.7 Å². The maximum Gasteiger partial charge on any atom is 0.142 e. The van der Waals surface area contributed by atoms with E-state index in [0.29, 0.717) is 11.3 Å². The largest absolute Gasteiger partial charge is 0.383 e. The molecule has 5 nitrogen and oxygen atoms in total. The number of nitrogens with zero attached hydrogens (tertiary/aromatic N) is 4. The molecule has 0 aromatic carbocycles. The Labute approximate surface area is 122 Å². The second-order valence-electron chi connectivity index (χ2n) is 4.65. The van der Waals surface area contributed by atoms with Gasteiger partial charge < -0.3 is 10.3 Å². The zero-order valence-corrected chi connectivity index (χ0v) is 11.5. The van der Waals surface area contributed by atoms with Gasteiger partial charge in [-0.3, -0.25) is 4.98 Å². The lowest BCUT2D eigenvalue weighted by atomic mass is 10.0. The molecule has 0 atom stereocenters. The van der Waals surface area contributed by atoms with Gasteiger partial charge >= 0.3 is 0 Å². The molecule has 2 N–H and O–H groups in total. The van der Waals surface area contributed by atoms with Gasteiger partial charge in [0.15, 0.2) is 0 Å². The first-order valence-corrected chi connectivity index (χ1v) is 6.44. The van der Waals surface area contributed by atoms with Crippen molar-refractivity contribution >= 4 is 5.82 Å². The molecule has 3 heterocycles. The summed E-state index contributed by atoms with van der Waals surface area (Å²) in [5, 5.41) is 9.36. The molecule has 0 bridgehead atoms. The SMILES string of the molecule is Cn1cccc1-c1cc(-c2ccccn2)nc(N)c1C#N. The lowest BCUT2D eigenvalue weighted by Gasteiger charge is -2.10. The number of nitrogen functional groups attached to an aromatic ring is 1. The van der Waals surface area contributed by atoms with Crippen LogP contribution in [-0.4, -0.2) is 14.5 Å². The van der Waals surface area contributed by atoms with Crippen LogP contribution in [0.5, 0.6) is 0 Å². The van der Waals surface area contributed by atoms with Crippen molar-refractivity contribution < 1.29 is 0 Å². The number of nitriles is 1. The van der Waals surface area contributed by atoms with Crippen molar-refractivity contribution in [2.75, 3.05) is 5.73 Å². The Morgan fingerprint density at radius 3 is 2.67 bits per heavy atom. The van der Waals surface area contributed by atoms with Crippen LogP contribution in [0.1, 0.15) is 5.56 Å². The second kappa shape index (κ2) is 5.10. The first kappa shape index (κ1) is 12.9. The van der Waals surface area contributed by atoms with Crippen molar-refractivity contribution in [2.45, 2.75) is 0 Å². The number of pyridine rings is 2. The molecule has 3 aromatic heterocycles. The van der Waals surface area contributed by atoms with Crippen molar-refractivity contribution in [3.8, 4) is 28.7 Å². The molecule has 3 rings (SSSR count). The second-order valence-corrected chi connectivity index (χ2v) is 4.65. The molecule has 0 saturated carbocycles. The summed E-state index contributed by atoms with van der Waals surface area (Å²) in [5.74, 6) is 0.219. The Balaban J connectivity index is 2.26. The lowest BCUT2D eigenvalue weighted by molar-refractivity contribution is 0.936. The first-order valence-electron chi connectivity index (χ1n) is 6.44. The van der Waals surface area contributed by atoms with E-state index in [1.807, 2.05) is 54.2 Å². The third-order valence-electron chi connectivity index (χ3n) is 3.31. The van der Waals surface area contributed by atoms with Gasteiger partial charge in [-0.15, -0.1) is 0 Å². The third kappa shape index (κ3) is 2.23. The van der Waals surface area contributed by atoms with E-state index in [2.05, 4.69) is 16.0 Å². The topological polar surface area (TPSA) is 80.5 Å². The van der Waals surface area contributed by atoms with Crippen molar-refractivity contribution in [3.63, 3.8) is 0 Å². The standard InChI is InChI=1S/C16H13N5/c1-21-8-4-6-15(21)11-9-14(13-5-2-3-7-19-13)20-16(18)12(11)10-17/h2-9H,1H3,(H2,18,20). The molecule has 21 heavy (non-hydrogen) atoms. The third-order valence-corrected chi connectivity index (χ3v) is 3.31. The molecule has 5 heteroatoms. The number of nitrogens with two attached hydrogens (primary N) is 1. The maximum absolute atomic E-state index is 9.36. The van der Waals surface area contributed by atoms with E-state index in [0.717, 1.165) is 17.0 Å². The van der Waals surface area contributed by atoms with Gasteiger partial charge in [-0.25, -0.2) is 4.98 Å². The Morgan fingerprint density at radius 2 is 2.05 bits per heavy atom. The van der Waals surface area contributed by atoms with E-state index >= 15 is 0 Å². The number of rotatable bonds is 2. The highest BCUT2D eigenvalue weighted by Gasteiger charge is 2.15. The maximum atomic E-state index is 9.36. The zero-order chi connectivity index (χ0) is 14.8. The number of aromatic nitrogens is 3. The predicted molar refractivity (Wildman–Crippen MR) is 81.0 cm³/mol. The summed E-state index contributed by atoms with van der Waals surface area (Å²) in [5.41, 5.74) is 9.40. The number of hydrogen-bond donors (Lipinski definition) is 1. The van der Waals surface area contributed by atoms with Crippen LogP contribution in [0.4, 0.5) is 5.82 Å². The fourth-order valence-corrected chi connectivity index (χ4v) is 2.27. The van der Waals surface area contributed by atoms with Crippen molar-refractivity contribution in [3.05, 3.63) is 54.4 Å². The van der Waals surface area contributed by atoms with E-state index in [9.17, 15) is 5.26 Å². The highest BCUT2D eigenvalue weighted by molar-refractivity contribution is 5.78. The highest BCUT2D eigenvalue weighted by Crippen LogP contribution is 2.30. The van der Waals surface area contributed by atoms with E-state index in [4.69, 9.17) is 5.73 Å².